The van der Waals surface area contributed by atoms with Crippen LogP contribution in [0.3, 0.4) is 0 Å². The summed E-state index contributed by atoms with van der Waals surface area (Å²) in [6.07, 6.45) is 1.46. The summed E-state index contributed by atoms with van der Waals surface area (Å²) in [5.74, 6) is 0.813. The van der Waals surface area contributed by atoms with E-state index in [1.807, 2.05) is 25.3 Å². The molecule has 0 aliphatic carbocycles. The molecule has 3 aromatic rings. The van der Waals surface area contributed by atoms with Gasteiger partial charge in [-0.3, -0.25) is 0 Å². The van der Waals surface area contributed by atoms with Gasteiger partial charge in [0.15, 0.2) is 0 Å². The Morgan fingerprint density at radius 3 is 2.90 bits per heavy atom. The Labute approximate surface area is 125 Å². The molecule has 0 saturated carbocycles. The zero-order chi connectivity index (χ0) is 14.8. The molecule has 0 amide bonds. The van der Waals surface area contributed by atoms with E-state index in [0.717, 1.165) is 10.2 Å². The van der Waals surface area contributed by atoms with E-state index in [1.54, 1.807) is 17.4 Å². The van der Waals surface area contributed by atoms with E-state index in [1.165, 1.54) is 18.5 Å². The predicted molar refractivity (Wildman–Crippen MR) is 82.9 cm³/mol. The minimum absolute atomic E-state index is 0.0427. The molecule has 21 heavy (non-hydrogen) atoms. The number of fused-ring (bicyclic) bond motifs is 1. The number of hydrogen-bond acceptors (Lipinski definition) is 5. The molecular formula is C15H14FN3OS. The lowest BCUT2D eigenvalue weighted by molar-refractivity contribution is 0.243. The molecule has 0 fully saturated rings. The molecule has 2 heterocycles. The molecule has 0 aliphatic heterocycles. The molecule has 0 bridgehead atoms. The lowest BCUT2D eigenvalue weighted by atomic mass is 10.2. The van der Waals surface area contributed by atoms with Crippen molar-refractivity contribution in [1.29, 1.82) is 0 Å². The van der Waals surface area contributed by atoms with Gasteiger partial charge in [-0.05, 0) is 37.4 Å². The Kier molecular flexibility index (Phi) is 3.70. The second-order valence-electron chi connectivity index (χ2n) is 4.79. The highest BCUT2D eigenvalue weighted by molar-refractivity contribution is 7.16. The van der Waals surface area contributed by atoms with Gasteiger partial charge in [-0.1, -0.05) is 0 Å². The van der Waals surface area contributed by atoms with Crippen molar-refractivity contribution < 1.29 is 9.13 Å². The second-order valence-corrected chi connectivity index (χ2v) is 5.69. The zero-order valence-corrected chi connectivity index (χ0v) is 12.4. The Morgan fingerprint density at radius 2 is 2.10 bits per heavy atom. The molecule has 0 spiro atoms. The first-order chi connectivity index (χ1) is 10.1. The highest BCUT2D eigenvalue weighted by Crippen LogP contribution is 2.32. The molecule has 4 nitrogen and oxygen atoms in total. The molecular weight excluding hydrogens is 289 g/mol. The first-order valence-electron chi connectivity index (χ1n) is 6.55. The van der Waals surface area contributed by atoms with Crippen LogP contribution in [0.5, 0.6) is 5.75 Å². The van der Waals surface area contributed by atoms with Gasteiger partial charge in [0.1, 0.15) is 28.5 Å². The third-order valence-electron chi connectivity index (χ3n) is 2.82. The maximum atomic E-state index is 13.4. The van der Waals surface area contributed by atoms with Gasteiger partial charge < -0.3 is 10.1 Å². The van der Waals surface area contributed by atoms with E-state index < -0.39 is 0 Å². The highest BCUT2D eigenvalue weighted by Gasteiger charge is 2.11. The maximum absolute atomic E-state index is 13.4. The molecule has 0 aliphatic rings. The molecule has 0 radical (unpaired) electrons. The summed E-state index contributed by atoms with van der Waals surface area (Å²) in [5.41, 5.74) is 0.677. The topological polar surface area (TPSA) is 47.0 Å². The van der Waals surface area contributed by atoms with Crippen molar-refractivity contribution in [2.24, 2.45) is 0 Å². The Hall–Kier alpha value is -2.21. The standard InChI is InChI=1S/C15H14FN3OS/c1-9(2)20-13-7-10(16)3-4-12(13)19-14-11-5-6-21-15(11)18-8-17-14/h3-9H,1-2H3,(H,17,18,19). The number of nitrogens with zero attached hydrogens (tertiary/aromatic N) is 2. The Bertz CT molecular complexity index is 772. The first kappa shape index (κ1) is 13.8. The van der Waals surface area contributed by atoms with Gasteiger partial charge in [0.2, 0.25) is 0 Å². The van der Waals surface area contributed by atoms with Crippen molar-refractivity contribution >= 4 is 33.1 Å². The number of rotatable bonds is 4. The Balaban J connectivity index is 1.99. The van der Waals surface area contributed by atoms with Crippen LogP contribution in [0.25, 0.3) is 10.2 Å². The van der Waals surface area contributed by atoms with Crippen molar-refractivity contribution in [2.75, 3.05) is 5.32 Å². The summed E-state index contributed by atoms with van der Waals surface area (Å²) in [4.78, 5) is 9.36. The first-order valence-corrected chi connectivity index (χ1v) is 7.43. The van der Waals surface area contributed by atoms with Gasteiger partial charge in [0.05, 0.1) is 17.2 Å². The summed E-state index contributed by atoms with van der Waals surface area (Å²) in [5, 5.41) is 6.09. The number of anilines is 2. The van der Waals surface area contributed by atoms with Crippen LogP contribution in [0, 0.1) is 5.82 Å². The van der Waals surface area contributed by atoms with Crippen LogP contribution in [0.1, 0.15) is 13.8 Å². The summed E-state index contributed by atoms with van der Waals surface area (Å²) < 4.78 is 19.1. The quantitative estimate of drug-likeness (QED) is 0.778. The number of benzene rings is 1. The molecule has 0 unspecified atom stereocenters. The van der Waals surface area contributed by atoms with Crippen molar-refractivity contribution in [1.82, 2.24) is 9.97 Å². The number of thiophene rings is 1. The van der Waals surface area contributed by atoms with Gasteiger partial charge in [-0.25, -0.2) is 14.4 Å². The number of hydrogen-bond donors (Lipinski definition) is 1. The molecule has 1 N–H and O–H groups in total. The predicted octanol–water partition coefficient (Wildman–Crippen LogP) is 4.36. The van der Waals surface area contributed by atoms with Gasteiger partial charge in [0, 0.05) is 6.07 Å². The van der Waals surface area contributed by atoms with E-state index in [4.69, 9.17) is 4.74 Å². The molecule has 0 saturated heterocycles. The minimum Gasteiger partial charge on any atom is -0.489 e. The molecule has 2 aromatic heterocycles. The van der Waals surface area contributed by atoms with Crippen LogP contribution in [0.2, 0.25) is 0 Å². The van der Waals surface area contributed by atoms with E-state index >= 15 is 0 Å². The molecule has 1 aromatic carbocycles. The number of ether oxygens (including phenoxy) is 1. The summed E-state index contributed by atoms with van der Waals surface area (Å²) in [7, 11) is 0. The fraction of sp³-hybridized carbons (Fsp3) is 0.200. The molecule has 108 valence electrons. The van der Waals surface area contributed by atoms with Crippen LogP contribution in [-0.2, 0) is 0 Å². The normalized spacial score (nSPS) is 11.0. The fourth-order valence-corrected chi connectivity index (χ4v) is 2.70. The van der Waals surface area contributed by atoms with Crippen molar-refractivity contribution in [3.63, 3.8) is 0 Å². The third-order valence-corrected chi connectivity index (χ3v) is 3.64. The summed E-state index contributed by atoms with van der Waals surface area (Å²) >= 11 is 1.55. The van der Waals surface area contributed by atoms with Crippen molar-refractivity contribution in [3.8, 4) is 5.75 Å². The number of aromatic nitrogens is 2. The summed E-state index contributed by atoms with van der Waals surface area (Å²) in [6, 6.07) is 6.36. The van der Waals surface area contributed by atoms with Gasteiger partial charge in [-0.2, -0.15) is 0 Å². The van der Waals surface area contributed by atoms with Gasteiger partial charge >= 0.3 is 0 Å². The minimum atomic E-state index is -0.334. The Morgan fingerprint density at radius 1 is 1.24 bits per heavy atom. The van der Waals surface area contributed by atoms with E-state index in [0.29, 0.717) is 17.3 Å². The van der Waals surface area contributed by atoms with Gasteiger partial charge in [-0.15, -0.1) is 11.3 Å². The van der Waals surface area contributed by atoms with Crippen LogP contribution in [0.4, 0.5) is 15.9 Å². The summed E-state index contributed by atoms with van der Waals surface area (Å²) in [6.45, 7) is 3.80. The van der Waals surface area contributed by atoms with Crippen LogP contribution >= 0.6 is 11.3 Å². The average Bonchev–Trinajstić information content (AvgIpc) is 2.90. The van der Waals surface area contributed by atoms with Crippen LogP contribution in [0.15, 0.2) is 36.0 Å². The van der Waals surface area contributed by atoms with E-state index in [-0.39, 0.29) is 11.9 Å². The van der Waals surface area contributed by atoms with Crippen LogP contribution < -0.4 is 10.1 Å². The maximum Gasteiger partial charge on any atom is 0.146 e. The number of halogens is 1. The SMILES string of the molecule is CC(C)Oc1cc(F)ccc1Nc1ncnc2sccc12. The fourth-order valence-electron chi connectivity index (χ4n) is 1.97. The van der Waals surface area contributed by atoms with E-state index in [9.17, 15) is 4.39 Å². The smallest absolute Gasteiger partial charge is 0.146 e. The third kappa shape index (κ3) is 2.95. The monoisotopic (exact) mass is 303 g/mol. The highest BCUT2D eigenvalue weighted by atomic mass is 32.1. The molecule has 0 atom stereocenters. The largest absolute Gasteiger partial charge is 0.489 e. The molecule has 3 rings (SSSR count). The zero-order valence-electron chi connectivity index (χ0n) is 11.6. The lowest BCUT2D eigenvalue weighted by Gasteiger charge is -2.15. The van der Waals surface area contributed by atoms with Crippen molar-refractivity contribution in [3.05, 3.63) is 41.8 Å². The number of nitrogens with one attached hydrogen (secondary N) is 1. The lowest BCUT2D eigenvalue weighted by Crippen LogP contribution is -2.08. The van der Waals surface area contributed by atoms with E-state index in [2.05, 4.69) is 15.3 Å². The van der Waals surface area contributed by atoms with Gasteiger partial charge in [0.25, 0.3) is 0 Å². The second kappa shape index (κ2) is 5.65. The molecule has 6 heteroatoms. The van der Waals surface area contributed by atoms with Crippen LogP contribution in [-0.4, -0.2) is 16.1 Å². The van der Waals surface area contributed by atoms with Crippen molar-refractivity contribution in [2.45, 2.75) is 20.0 Å². The average molecular weight is 303 g/mol.